The van der Waals surface area contributed by atoms with E-state index in [0.717, 1.165) is 23.6 Å². The number of ether oxygens (including phenoxy) is 1. The zero-order valence-corrected chi connectivity index (χ0v) is 12.0. The van der Waals surface area contributed by atoms with Gasteiger partial charge in [-0.25, -0.2) is 0 Å². The van der Waals surface area contributed by atoms with E-state index in [1.807, 2.05) is 6.07 Å². The van der Waals surface area contributed by atoms with E-state index in [9.17, 15) is 0 Å². The molecule has 0 atom stereocenters. The van der Waals surface area contributed by atoms with Crippen molar-refractivity contribution in [3.05, 3.63) is 28.3 Å². The number of nitrogens with two attached hydrogens (primary N) is 1. The molecule has 0 unspecified atom stereocenters. The highest BCUT2D eigenvalue weighted by Crippen LogP contribution is 2.45. The molecular formula is C15H22ClNO. The molecule has 0 aromatic heterocycles. The molecule has 0 aliphatic heterocycles. The molecular weight excluding hydrogens is 246 g/mol. The normalized spacial score (nSPS) is 18.7. The van der Waals surface area contributed by atoms with Gasteiger partial charge in [-0.05, 0) is 37.0 Å². The minimum absolute atomic E-state index is 0.0496. The van der Waals surface area contributed by atoms with Gasteiger partial charge in [-0.1, -0.05) is 36.9 Å². The van der Waals surface area contributed by atoms with Crippen LogP contribution in [-0.2, 0) is 5.41 Å². The van der Waals surface area contributed by atoms with Crippen LogP contribution in [0.15, 0.2) is 12.1 Å². The summed E-state index contributed by atoms with van der Waals surface area (Å²) in [6, 6.07) is 4.03. The van der Waals surface area contributed by atoms with E-state index in [2.05, 4.69) is 13.0 Å². The van der Waals surface area contributed by atoms with Crippen LogP contribution in [0.4, 0.5) is 0 Å². The van der Waals surface area contributed by atoms with Gasteiger partial charge in [0.05, 0.1) is 12.1 Å². The van der Waals surface area contributed by atoms with Gasteiger partial charge in [0.15, 0.2) is 0 Å². The summed E-state index contributed by atoms with van der Waals surface area (Å²) in [7, 11) is 1.66. The average molecular weight is 268 g/mol. The fourth-order valence-electron chi connectivity index (χ4n) is 3.25. The molecule has 1 fully saturated rings. The van der Waals surface area contributed by atoms with Gasteiger partial charge in [0.2, 0.25) is 0 Å². The average Bonchev–Trinajstić information content (AvgIpc) is 2.40. The molecule has 0 amide bonds. The van der Waals surface area contributed by atoms with Crippen LogP contribution in [0.3, 0.4) is 0 Å². The number of halogens is 1. The summed E-state index contributed by atoms with van der Waals surface area (Å²) in [6.45, 7) is 2.79. The maximum Gasteiger partial charge on any atom is 0.137 e. The second-order valence-corrected chi connectivity index (χ2v) is 5.70. The Balaban J connectivity index is 2.53. The maximum absolute atomic E-state index is 6.54. The molecule has 18 heavy (non-hydrogen) atoms. The summed E-state index contributed by atoms with van der Waals surface area (Å²) in [4.78, 5) is 0. The van der Waals surface area contributed by atoms with Gasteiger partial charge >= 0.3 is 0 Å². The summed E-state index contributed by atoms with van der Waals surface area (Å²) in [5.74, 6) is 0.760. The third kappa shape index (κ3) is 2.24. The van der Waals surface area contributed by atoms with Crippen LogP contribution in [0, 0.1) is 6.92 Å². The lowest BCUT2D eigenvalue weighted by atomic mass is 9.68. The van der Waals surface area contributed by atoms with E-state index >= 15 is 0 Å². The summed E-state index contributed by atoms with van der Waals surface area (Å²) in [5, 5.41) is 0.754. The molecule has 1 aliphatic carbocycles. The first-order valence-electron chi connectivity index (χ1n) is 6.68. The number of methoxy groups -OCH3 is 1. The molecule has 0 heterocycles. The fraction of sp³-hybridized carbons (Fsp3) is 0.600. The Morgan fingerprint density at radius 1 is 1.28 bits per heavy atom. The zero-order chi connectivity index (χ0) is 13.2. The Morgan fingerprint density at radius 3 is 2.50 bits per heavy atom. The second-order valence-electron chi connectivity index (χ2n) is 5.32. The van der Waals surface area contributed by atoms with Gasteiger partial charge in [0, 0.05) is 12.0 Å². The van der Waals surface area contributed by atoms with Gasteiger partial charge in [-0.15, -0.1) is 0 Å². The number of benzene rings is 1. The lowest BCUT2D eigenvalue weighted by Crippen LogP contribution is -2.38. The maximum atomic E-state index is 6.54. The second kappa shape index (κ2) is 5.50. The van der Waals surface area contributed by atoms with Gasteiger partial charge in [0.1, 0.15) is 5.75 Å². The van der Waals surface area contributed by atoms with Crippen molar-refractivity contribution in [1.82, 2.24) is 0 Å². The third-order valence-corrected chi connectivity index (χ3v) is 4.64. The van der Waals surface area contributed by atoms with Crippen LogP contribution < -0.4 is 10.5 Å². The van der Waals surface area contributed by atoms with Crippen molar-refractivity contribution in [2.75, 3.05) is 13.7 Å². The molecule has 100 valence electrons. The summed E-state index contributed by atoms with van der Waals surface area (Å²) in [6.07, 6.45) is 6.06. The van der Waals surface area contributed by atoms with Crippen molar-refractivity contribution in [1.29, 1.82) is 0 Å². The Hall–Kier alpha value is -0.730. The molecule has 0 bridgehead atoms. The molecule has 2 nitrogen and oxygen atoms in total. The predicted molar refractivity (Wildman–Crippen MR) is 76.6 cm³/mol. The lowest BCUT2D eigenvalue weighted by molar-refractivity contribution is 0.298. The Labute approximate surface area is 114 Å². The van der Waals surface area contributed by atoms with E-state index < -0.39 is 0 Å². The smallest absolute Gasteiger partial charge is 0.137 e. The van der Waals surface area contributed by atoms with Gasteiger partial charge in [0.25, 0.3) is 0 Å². The van der Waals surface area contributed by atoms with Crippen LogP contribution >= 0.6 is 11.6 Å². The van der Waals surface area contributed by atoms with Crippen molar-refractivity contribution < 1.29 is 4.74 Å². The van der Waals surface area contributed by atoms with Gasteiger partial charge in [-0.3, -0.25) is 0 Å². The molecule has 2 N–H and O–H groups in total. The van der Waals surface area contributed by atoms with Crippen molar-refractivity contribution in [2.24, 2.45) is 5.73 Å². The van der Waals surface area contributed by atoms with Crippen LogP contribution in [0.25, 0.3) is 0 Å². The van der Waals surface area contributed by atoms with E-state index in [-0.39, 0.29) is 5.41 Å². The van der Waals surface area contributed by atoms with E-state index in [1.54, 1.807) is 7.11 Å². The number of hydrogen-bond donors (Lipinski definition) is 1. The van der Waals surface area contributed by atoms with Crippen LogP contribution in [0.5, 0.6) is 5.75 Å². The molecule has 2 rings (SSSR count). The molecule has 1 saturated carbocycles. The van der Waals surface area contributed by atoms with Gasteiger partial charge in [-0.2, -0.15) is 0 Å². The molecule has 3 heteroatoms. The number of hydrogen-bond acceptors (Lipinski definition) is 2. The standard InChI is InChI=1S/C15H22ClNO/c1-11-6-7-12(18-2)14(16)13(11)15(10-17)8-4-3-5-9-15/h6-7H,3-5,8-10,17H2,1-2H3. The van der Waals surface area contributed by atoms with Crippen molar-refractivity contribution in [3.63, 3.8) is 0 Å². The highest BCUT2D eigenvalue weighted by molar-refractivity contribution is 6.33. The Kier molecular flexibility index (Phi) is 4.18. The molecule has 1 aromatic rings. The first-order valence-corrected chi connectivity index (χ1v) is 7.06. The Bertz CT molecular complexity index is 425. The van der Waals surface area contributed by atoms with Gasteiger partial charge < -0.3 is 10.5 Å². The SMILES string of the molecule is COc1ccc(C)c(C2(CN)CCCCC2)c1Cl. The lowest BCUT2D eigenvalue weighted by Gasteiger charge is -2.38. The third-order valence-electron chi connectivity index (χ3n) is 4.27. The summed E-state index contributed by atoms with van der Waals surface area (Å²) >= 11 is 6.54. The largest absolute Gasteiger partial charge is 0.495 e. The van der Waals surface area contributed by atoms with E-state index in [4.69, 9.17) is 22.1 Å². The summed E-state index contributed by atoms with van der Waals surface area (Å²) in [5.41, 5.74) is 8.59. The van der Waals surface area contributed by atoms with Crippen molar-refractivity contribution >= 4 is 11.6 Å². The van der Waals surface area contributed by atoms with Crippen LogP contribution in [0.2, 0.25) is 5.02 Å². The summed E-state index contributed by atoms with van der Waals surface area (Å²) < 4.78 is 5.35. The van der Waals surface area contributed by atoms with E-state index in [1.165, 1.54) is 30.4 Å². The van der Waals surface area contributed by atoms with Crippen LogP contribution in [-0.4, -0.2) is 13.7 Å². The first kappa shape index (κ1) is 13.7. The Morgan fingerprint density at radius 2 is 1.94 bits per heavy atom. The van der Waals surface area contributed by atoms with Crippen molar-refractivity contribution in [3.8, 4) is 5.75 Å². The quantitative estimate of drug-likeness (QED) is 0.904. The minimum atomic E-state index is 0.0496. The zero-order valence-electron chi connectivity index (χ0n) is 11.3. The minimum Gasteiger partial charge on any atom is -0.495 e. The molecule has 1 aliphatic rings. The van der Waals surface area contributed by atoms with Crippen LogP contribution in [0.1, 0.15) is 43.2 Å². The molecule has 0 saturated heterocycles. The molecule has 1 aromatic carbocycles. The number of rotatable bonds is 3. The van der Waals surface area contributed by atoms with Crippen molar-refractivity contribution in [2.45, 2.75) is 44.4 Å². The molecule has 0 radical (unpaired) electrons. The highest BCUT2D eigenvalue weighted by Gasteiger charge is 2.36. The monoisotopic (exact) mass is 267 g/mol. The first-order chi connectivity index (χ1) is 8.64. The number of aryl methyl sites for hydroxylation is 1. The molecule has 0 spiro atoms. The topological polar surface area (TPSA) is 35.2 Å². The fourth-order valence-corrected chi connectivity index (χ4v) is 3.74. The highest BCUT2D eigenvalue weighted by atomic mass is 35.5. The van der Waals surface area contributed by atoms with E-state index in [0.29, 0.717) is 6.54 Å². The predicted octanol–water partition coefficient (Wildman–Crippen LogP) is 3.82.